The van der Waals surface area contributed by atoms with Crippen molar-refractivity contribution in [3.63, 3.8) is 0 Å². The topological polar surface area (TPSA) is 76.0 Å². The fraction of sp³-hybridized carbons (Fsp3) is 0.400. The Morgan fingerprint density at radius 2 is 2.00 bits per heavy atom. The van der Waals surface area contributed by atoms with Crippen LogP contribution in [0.1, 0.15) is 43.4 Å². The van der Waals surface area contributed by atoms with Crippen LogP contribution in [0.2, 0.25) is 0 Å². The molecule has 0 radical (unpaired) electrons. The molecule has 1 unspecified atom stereocenters. The minimum atomic E-state index is -0.0904. The summed E-state index contributed by atoms with van der Waals surface area (Å²) in [6.07, 6.45) is 1.61. The molecule has 2 N–H and O–H groups in total. The zero-order valence-electron chi connectivity index (χ0n) is 16.0. The average Bonchev–Trinajstić information content (AvgIpc) is 2.60. The number of hydrogen-bond acceptors (Lipinski definition) is 5. The monoisotopic (exact) mass is 357 g/mol. The van der Waals surface area contributed by atoms with Crippen LogP contribution in [0, 0.1) is 6.92 Å². The highest BCUT2D eigenvalue weighted by Crippen LogP contribution is 2.26. The number of rotatable bonds is 7. The number of methoxy groups -OCH3 is 1. The lowest BCUT2D eigenvalue weighted by Crippen LogP contribution is -2.24. The minimum Gasteiger partial charge on any atom is -0.439 e. The molecule has 0 spiro atoms. The van der Waals surface area contributed by atoms with E-state index in [4.69, 9.17) is 9.47 Å². The molecule has 0 aliphatic heterocycles. The van der Waals surface area contributed by atoms with Gasteiger partial charge in [0.2, 0.25) is 5.88 Å². The summed E-state index contributed by atoms with van der Waals surface area (Å²) in [5, 5.41) is 9.33. The Labute approximate surface area is 154 Å². The first-order valence-corrected chi connectivity index (χ1v) is 8.65. The molecule has 1 aromatic heterocycles. The highest BCUT2D eigenvalue weighted by atomic mass is 16.5. The number of aromatic nitrogens is 1. The number of amidine groups is 1. The molecule has 26 heavy (non-hydrogen) atoms. The van der Waals surface area contributed by atoms with Crippen molar-refractivity contribution in [3.8, 4) is 11.6 Å². The van der Waals surface area contributed by atoms with E-state index >= 15 is 0 Å². The smallest absolute Gasteiger partial charge is 0.219 e. The Kier molecular flexibility index (Phi) is 7.12. The lowest BCUT2D eigenvalue weighted by atomic mass is 10.0. The van der Waals surface area contributed by atoms with Gasteiger partial charge in [0.1, 0.15) is 5.75 Å². The van der Waals surface area contributed by atoms with Gasteiger partial charge < -0.3 is 9.47 Å². The fourth-order valence-electron chi connectivity index (χ4n) is 2.54. The van der Waals surface area contributed by atoms with E-state index in [9.17, 15) is 5.21 Å². The summed E-state index contributed by atoms with van der Waals surface area (Å²) in [5.74, 6) is 2.01. The molecule has 140 valence electrons. The van der Waals surface area contributed by atoms with Crippen molar-refractivity contribution >= 4 is 5.84 Å². The number of pyridine rings is 1. The second-order valence-corrected chi connectivity index (χ2v) is 6.62. The number of hydroxylamine groups is 1. The van der Waals surface area contributed by atoms with Gasteiger partial charge in [-0.25, -0.2) is 4.98 Å². The van der Waals surface area contributed by atoms with Crippen LogP contribution in [0.5, 0.6) is 11.6 Å². The molecule has 0 bridgehead atoms. The van der Waals surface area contributed by atoms with Gasteiger partial charge in [-0.3, -0.25) is 15.7 Å². The van der Waals surface area contributed by atoms with Crippen molar-refractivity contribution in [2.75, 3.05) is 13.7 Å². The van der Waals surface area contributed by atoms with E-state index in [2.05, 4.69) is 35.4 Å². The van der Waals surface area contributed by atoms with Crippen LogP contribution in [-0.2, 0) is 4.74 Å². The molecule has 0 aliphatic carbocycles. The third-order valence-electron chi connectivity index (χ3n) is 3.84. The molecule has 6 nitrogen and oxygen atoms in total. The van der Waals surface area contributed by atoms with Crippen molar-refractivity contribution in [1.82, 2.24) is 10.5 Å². The van der Waals surface area contributed by atoms with Crippen molar-refractivity contribution in [1.29, 1.82) is 0 Å². The van der Waals surface area contributed by atoms with Gasteiger partial charge >= 0.3 is 0 Å². The van der Waals surface area contributed by atoms with Crippen LogP contribution in [-0.4, -0.2) is 35.8 Å². The molecule has 1 aromatic carbocycles. The van der Waals surface area contributed by atoms with E-state index in [1.165, 1.54) is 5.56 Å². The maximum Gasteiger partial charge on any atom is 0.219 e. The zero-order chi connectivity index (χ0) is 19.1. The number of ether oxygens (including phenoxy) is 2. The predicted molar refractivity (Wildman–Crippen MR) is 102 cm³/mol. The van der Waals surface area contributed by atoms with Gasteiger partial charge in [-0.05, 0) is 49.1 Å². The number of aliphatic imine (C=N–C) groups is 1. The molecular weight excluding hydrogens is 330 g/mol. The third-order valence-corrected chi connectivity index (χ3v) is 3.84. The van der Waals surface area contributed by atoms with Crippen LogP contribution in [0.4, 0.5) is 0 Å². The minimum absolute atomic E-state index is 0.0904. The summed E-state index contributed by atoms with van der Waals surface area (Å²) in [6.45, 7) is 8.71. The first-order valence-electron chi connectivity index (χ1n) is 8.65. The summed E-state index contributed by atoms with van der Waals surface area (Å²) < 4.78 is 10.9. The van der Waals surface area contributed by atoms with Crippen LogP contribution >= 0.6 is 0 Å². The lowest BCUT2D eigenvalue weighted by Gasteiger charge is -2.12. The van der Waals surface area contributed by atoms with E-state index in [1.54, 1.807) is 25.4 Å². The van der Waals surface area contributed by atoms with Gasteiger partial charge in [0, 0.05) is 24.9 Å². The molecule has 2 rings (SSSR count). The molecule has 0 saturated heterocycles. The second kappa shape index (κ2) is 9.31. The number of nitrogens with one attached hydrogen (secondary N) is 1. The molecule has 0 aliphatic rings. The quantitative estimate of drug-likeness (QED) is 0.444. The molecule has 2 aromatic rings. The maximum atomic E-state index is 9.33. The molecule has 6 heteroatoms. The fourth-order valence-corrected chi connectivity index (χ4v) is 2.54. The standard InChI is InChI=1S/C20H27N3O3/c1-13(2)17-8-14(3)9-18(10-17)26-19-7-6-16(11-21-19)20(23-24)22-15(4)12-25-5/h6-11,13,15,24H,12H2,1-5H3,(H,22,23). The summed E-state index contributed by atoms with van der Waals surface area (Å²) in [4.78, 5) is 8.68. The average molecular weight is 357 g/mol. The third kappa shape index (κ3) is 5.54. The Morgan fingerprint density at radius 3 is 2.58 bits per heavy atom. The Morgan fingerprint density at radius 1 is 1.23 bits per heavy atom. The summed E-state index contributed by atoms with van der Waals surface area (Å²) >= 11 is 0. The molecule has 0 amide bonds. The lowest BCUT2D eigenvalue weighted by molar-refractivity contribution is 0.184. The van der Waals surface area contributed by atoms with Crippen LogP contribution in [0.3, 0.4) is 0 Å². The number of benzene rings is 1. The second-order valence-electron chi connectivity index (χ2n) is 6.62. The summed E-state index contributed by atoms with van der Waals surface area (Å²) in [7, 11) is 1.61. The first-order chi connectivity index (χ1) is 12.4. The van der Waals surface area contributed by atoms with Crippen molar-refractivity contribution in [2.24, 2.45) is 4.99 Å². The van der Waals surface area contributed by atoms with Crippen LogP contribution in [0.25, 0.3) is 0 Å². The van der Waals surface area contributed by atoms with E-state index in [1.807, 2.05) is 26.0 Å². The normalized spacial score (nSPS) is 13.0. The van der Waals surface area contributed by atoms with Crippen molar-refractivity contribution < 1.29 is 14.7 Å². The van der Waals surface area contributed by atoms with Gasteiger partial charge in [0.05, 0.1) is 12.6 Å². The van der Waals surface area contributed by atoms with Crippen molar-refractivity contribution in [3.05, 3.63) is 53.2 Å². The molecular formula is C20H27N3O3. The Balaban J connectivity index is 2.17. The van der Waals surface area contributed by atoms with E-state index in [-0.39, 0.29) is 6.04 Å². The van der Waals surface area contributed by atoms with Gasteiger partial charge in [-0.2, -0.15) is 0 Å². The van der Waals surface area contributed by atoms with E-state index in [0.717, 1.165) is 11.3 Å². The predicted octanol–water partition coefficient (Wildman–Crippen LogP) is 4.07. The molecule has 1 heterocycles. The number of aryl methyl sites for hydroxylation is 1. The molecule has 0 saturated carbocycles. The first kappa shape index (κ1) is 19.9. The molecule has 0 fully saturated rings. The molecule has 1 atom stereocenters. The van der Waals surface area contributed by atoms with E-state index < -0.39 is 0 Å². The van der Waals surface area contributed by atoms with Crippen molar-refractivity contribution in [2.45, 2.75) is 39.7 Å². The highest BCUT2D eigenvalue weighted by molar-refractivity contribution is 5.97. The summed E-state index contributed by atoms with van der Waals surface area (Å²) in [6, 6.07) is 9.62. The Bertz CT molecular complexity index is 742. The highest BCUT2D eigenvalue weighted by Gasteiger charge is 2.09. The van der Waals surface area contributed by atoms with E-state index in [0.29, 0.717) is 29.8 Å². The Hall–Kier alpha value is -2.44. The summed E-state index contributed by atoms with van der Waals surface area (Å²) in [5.41, 5.74) is 5.15. The number of nitrogens with zero attached hydrogens (tertiary/aromatic N) is 2. The maximum absolute atomic E-state index is 9.33. The van der Waals surface area contributed by atoms with Crippen LogP contribution in [0.15, 0.2) is 41.5 Å². The van der Waals surface area contributed by atoms with Gasteiger partial charge in [-0.1, -0.05) is 19.9 Å². The SMILES string of the molecule is COCC(C)N=C(NO)c1ccc(Oc2cc(C)cc(C(C)C)c2)nc1. The van der Waals surface area contributed by atoms with Gasteiger partial charge in [0.25, 0.3) is 0 Å². The zero-order valence-corrected chi connectivity index (χ0v) is 16.0. The largest absolute Gasteiger partial charge is 0.439 e. The van der Waals surface area contributed by atoms with Gasteiger partial charge in [0.15, 0.2) is 5.84 Å². The van der Waals surface area contributed by atoms with Crippen LogP contribution < -0.4 is 10.2 Å². The van der Waals surface area contributed by atoms with Gasteiger partial charge in [-0.15, -0.1) is 0 Å². The number of hydrogen-bond donors (Lipinski definition) is 2.